The molecule has 1 N–H and O–H groups in total. The lowest BCUT2D eigenvalue weighted by Crippen LogP contribution is -2.46. The molecule has 0 atom stereocenters. The smallest absolute Gasteiger partial charge is 0.304 e. The Bertz CT molecular complexity index is 884. The van der Waals surface area contributed by atoms with E-state index in [1.165, 1.54) is 23.5 Å². The predicted octanol–water partition coefficient (Wildman–Crippen LogP) is 2.19. The largest absolute Gasteiger partial charge is 0.481 e. The highest BCUT2D eigenvalue weighted by molar-refractivity contribution is 7.20. The molecule has 3 aromatic rings. The minimum Gasteiger partial charge on any atom is -0.481 e. The summed E-state index contributed by atoms with van der Waals surface area (Å²) in [5.41, 5.74) is 1.63. The maximum absolute atomic E-state index is 13.0. The zero-order chi connectivity index (χ0) is 18.1. The van der Waals surface area contributed by atoms with E-state index in [1.54, 1.807) is 16.6 Å². The van der Waals surface area contributed by atoms with Crippen LogP contribution in [0.5, 0.6) is 0 Å². The highest BCUT2D eigenvalue weighted by Gasteiger charge is 2.21. The van der Waals surface area contributed by atoms with Gasteiger partial charge in [-0.2, -0.15) is 0 Å². The Balaban J connectivity index is 1.43. The molecule has 1 aliphatic rings. The summed E-state index contributed by atoms with van der Waals surface area (Å²) in [6.07, 6.45) is 2.03. The summed E-state index contributed by atoms with van der Waals surface area (Å²) in [5, 5.41) is 14.3. The number of hydrogen-bond acceptors (Lipinski definition) is 6. The highest BCUT2D eigenvalue weighted by Crippen LogP contribution is 2.27. The molecule has 0 saturated carbocycles. The van der Waals surface area contributed by atoms with Gasteiger partial charge < -0.3 is 10.0 Å². The van der Waals surface area contributed by atoms with Crippen molar-refractivity contribution in [1.82, 2.24) is 19.5 Å². The zero-order valence-corrected chi connectivity index (χ0v) is 14.8. The molecule has 0 amide bonds. The number of carboxylic acids is 1. The van der Waals surface area contributed by atoms with Crippen molar-refractivity contribution in [3.8, 4) is 11.3 Å². The van der Waals surface area contributed by atoms with Crippen molar-refractivity contribution in [3.63, 3.8) is 0 Å². The molecule has 0 spiro atoms. The van der Waals surface area contributed by atoms with Crippen LogP contribution in [0.25, 0.3) is 16.2 Å². The first kappa shape index (κ1) is 16.9. The molecular weight excluding hydrogens is 357 g/mol. The topological polar surface area (TPSA) is 74.0 Å². The monoisotopic (exact) mass is 375 g/mol. The van der Waals surface area contributed by atoms with E-state index in [9.17, 15) is 9.18 Å². The number of nitrogens with zero attached hydrogens (tertiary/aromatic N) is 5. The molecule has 26 heavy (non-hydrogen) atoms. The number of anilines is 1. The van der Waals surface area contributed by atoms with Gasteiger partial charge in [-0.05, 0) is 24.3 Å². The molecule has 1 aromatic carbocycles. The van der Waals surface area contributed by atoms with E-state index in [0.717, 1.165) is 47.5 Å². The molecule has 9 heteroatoms. The van der Waals surface area contributed by atoms with Crippen LogP contribution < -0.4 is 4.90 Å². The van der Waals surface area contributed by atoms with Crippen LogP contribution in [-0.4, -0.2) is 63.3 Å². The van der Waals surface area contributed by atoms with Crippen molar-refractivity contribution >= 4 is 27.4 Å². The standard InChI is InChI=1S/C17H18FN5O2S/c18-13-3-1-12(2-4-13)14-11-23-16(19-14)26-17(20-23)22-9-7-21(8-10-22)6-5-15(24)25/h1-4,11H,5-10H2,(H,24,25). The van der Waals surface area contributed by atoms with E-state index in [0.29, 0.717) is 6.54 Å². The summed E-state index contributed by atoms with van der Waals surface area (Å²) >= 11 is 1.52. The maximum Gasteiger partial charge on any atom is 0.304 e. The van der Waals surface area contributed by atoms with Gasteiger partial charge in [-0.25, -0.2) is 13.9 Å². The number of aromatic nitrogens is 3. The molecule has 1 saturated heterocycles. The second-order valence-corrected chi connectivity index (χ2v) is 7.15. The number of imidazole rings is 1. The molecule has 1 fully saturated rings. The number of fused-ring (bicyclic) bond motifs is 1. The average molecular weight is 375 g/mol. The third-order valence-electron chi connectivity index (χ3n) is 4.46. The van der Waals surface area contributed by atoms with Gasteiger partial charge in [0.25, 0.3) is 0 Å². The summed E-state index contributed by atoms with van der Waals surface area (Å²) in [4.78, 5) is 20.4. The molecule has 0 unspecified atom stereocenters. The van der Waals surface area contributed by atoms with Crippen LogP contribution in [0, 0.1) is 5.82 Å². The first-order chi connectivity index (χ1) is 12.6. The Morgan fingerprint density at radius 3 is 2.58 bits per heavy atom. The average Bonchev–Trinajstić information content (AvgIpc) is 3.20. The number of piperazine rings is 1. The van der Waals surface area contributed by atoms with Gasteiger partial charge in [-0.15, -0.1) is 5.10 Å². The van der Waals surface area contributed by atoms with Crippen LogP contribution in [0.1, 0.15) is 6.42 Å². The van der Waals surface area contributed by atoms with Gasteiger partial charge in [0, 0.05) is 38.3 Å². The zero-order valence-electron chi connectivity index (χ0n) is 14.0. The van der Waals surface area contributed by atoms with Crippen LogP contribution in [-0.2, 0) is 4.79 Å². The van der Waals surface area contributed by atoms with Crippen molar-refractivity contribution in [3.05, 3.63) is 36.3 Å². The number of benzene rings is 1. The van der Waals surface area contributed by atoms with Crippen molar-refractivity contribution in [1.29, 1.82) is 0 Å². The Hall–Kier alpha value is -2.52. The highest BCUT2D eigenvalue weighted by atomic mass is 32.1. The van der Waals surface area contributed by atoms with Crippen LogP contribution in [0.2, 0.25) is 0 Å². The molecule has 2 aromatic heterocycles. The van der Waals surface area contributed by atoms with Crippen LogP contribution >= 0.6 is 11.3 Å². The van der Waals surface area contributed by atoms with E-state index in [2.05, 4.69) is 19.9 Å². The third kappa shape index (κ3) is 3.54. The van der Waals surface area contributed by atoms with Crippen molar-refractivity contribution in [2.75, 3.05) is 37.6 Å². The Kier molecular flexibility index (Phi) is 4.56. The number of carbonyl (C=O) groups is 1. The van der Waals surface area contributed by atoms with Gasteiger partial charge in [0.1, 0.15) is 5.82 Å². The van der Waals surface area contributed by atoms with Crippen molar-refractivity contribution in [2.24, 2.45) is 0 Å². The second-order valence-electron chi connectivity index (χ2n) is 6.22. The Labute approximate surface area is 153 Å². The summed E-state index contributed by atoms with van der Waals surface area (Å²) in [6.45, 7) is 3.89. The number of carboxylic acid groups (broad SMARTS) is 1. The summed E-state index contributed by atoms with van der Waals surface area (Å²) in [5.74, 6) is -1.02. The summed E-state index contributed by atoms with van der Waals surface area (Å²) in [7, 11) is 0. The fraction of sp³-hybridized carbons (Fsp3) is 0.353. The van der Waals surface area contributed by atoms with Gasteiger partial charge in [0.2, 0.25) is 10.1 Å². The van der Waals surface area contributed by atoms with Crippen molar-refractivity contribution in [2.45, 2.75) is 6.42 Å². The number of aliphatic carboxylic acids is 1. The van der Waals surface area contributed by atoms with Gasteiger partial charge in [-0.1, -0.05) is 11.3 Å². The van der Waals surface area contributed by atoms with E-state index in [4.69, 9.17) is 5.11 Å². The molecule has 0 aliphatic carbocycles. The van der Waals surface area contributed by atoms with Gasteiger partial charge >= 0.3 is 5.97 Å². The first-order valence-corrected chi connectivity index (χ1v) is 9.21. The van der Waals surface area contributed by atoms with Crippen molar-refractivity contribution < 1.29 is 14.3 Å². The van der Waals surface area contributed by atoms with E-state index in [-0.39, 0.29) is 12.2 Å². The van der Waals surface area contributed by atoms with Gasteiger partial charge in [0.05, 0.1) is 18.3 Å². The number of hydrogen-bond donors (Lipinski definition) is 1. The number of rotatable bonds is 5. The Morgan fingerprint density at radius 1 is 1.19 bits per heavy atom. The van der Waals surface area contributed by atoms with Gasteiger partial charge in [0.15, 0.2) is 0 Å². The summed E-state index contributed by atoms with van der Waals surface area (Å²) in [6, 6.07) is 6.26. The maximum atomic E-state index is 13.0. The first-order valence-electron chi connectivity index (χ1n) is 8.40. The molecule has 7 nitrogen and oxygen atoms in total. The molecule has 3 heterocycles. The predicted molar refractivity (Wildman–Crippen MR) is 97.2 cm³/mol. The molecular formula is C17H18FN5O2S. The van der Waals surface area contributed by atoms with E-state index < -0.39 is 5.97 Å². The fourth-order valence-corrected chi connectivity index (χ4v) is 3.93. The normalized spacial score (nSPS) is 15.7. The quantitative estimate of drug-likeness (QED) is 0.737. The minimum absolute atomic E-state index is 0.178. The Morgan fingerprint density at radius 2 is 1.92 bits per heavy atom. The summed E-state index contributed by atoms with van der Waals surface area (Å²) < 4.78 is 14.8. The second kappa shape index (κ2) is 7.00. The van der Waals surface area contributed by atoms with Crippen LogP contribution in [0.15, 0.2) is 30.5 Å². The minimum atomic E-state index is -0.759. The SMILES string of the molecule is O=C(O)CCN1CCN(c2nn3cc(-c4ccc(F)cc4)nc3s2)CC1. The molecule has 0 bridgehead atoms. The molecule has 1 aliphatic heterocycles. The van der Waals surface area contributed by atoms with E-state index >= 15 is 0 Å². The molecule has 4 rings (SSSR count). The third-order valence-corrected chi connectivity index (χ3v) is 5.44. The lowest BCUT2D eigenvalue weighted by atomic mass is 10.2. The lowest BCUT2D eigenvalue weighted by molar-refractivity contribution is -0.137. The van der Waals surface area contributed by atoms with Gasteiger partial charge in [-0.3, -0.25) is 9.69 Å². The number of halogens is 1. The van der Waals surface area contributed by atoms with E-state index in [1.807, 2.05) is 6.20 Å². The lowest BCUT2D eigenvalue weighted by Gasteiger charge is -2.33. The molecule has 136 valence electrons. The van der Waals surface area contributed by atoms with Crippen LogP contribution in [0.3, 0.4) is 0 Å². The van der Waals surface area contributed by atoms with Crippen LogP contribution in [0.4, 0.5) is 9.52 Å². The molecule has 0 radical (unpaired) electrons. The fourth-order valence-electron chi connectivity index (χ4n) is 2.99.